The molecule has 22 heteroatoms. The fourth-order valence-electron chi connectivity index (χ4n) is 2.61. The zero-order valence-corrected chi connectivity index (χ0v) is 18.2. The van der Waals surface area contributed by atoms with Gasteiger partial charge in [-0.3, -0.25) is 9.09 Å². The van der Waals surface area contributed by atoms with E-state index in [1.54, 1.807) is 0 Å². The van der Waals surface area contributed by atoms with Crippen molar-refractivity contribution in [1.29, 1.82) is 0 Å². The number of methoxy groups -OCH3 is 1. The molecule has 3 rings (SSSR count). The maximum atomic E-state index is 12.0. The van der Waals surface area contributed by atoms with Crippen LogP contribution in [0.1, 0.15) is 6.23 Å². The molecule has 3 heterocycles. The van der Waals surface area contributed by atoms with Gasteiger partial charge in [0.05, 0.1) is 13.4 Å². The maximum Gasteiger partial charge on any atom is 0.490 e. The Kier molecular flexibility index (Phi) is 6.78. The summed E-state index contributed by atoms with van der Waals surface area (Å²) in [5.41, 5.74) is 5.64. The van der Waals surface area contributed by atoms with Gasteiger partial charge >= 0.3 is 23.5 Å². The first kappa shape index (κ1) is 25.1. The normalized spacial score (nSPS) is 27.8. The number of aliphatic hydroxyl groups excluding tert-OH is 2. The Bertz CT molecular complexity index is 1150. The number of nitrogens with two attached hydrogens (primary N) is 1. The van der Waals surface area contributed by atoms with Crippen molar-refractivity contribution < 1.29 is 66.1 Å². The summed E-state index contributed by atoms with van der Waals surface area (Å²) in [7, 11) is -15.8. The monoisotopic (exact) mass is 523 g/mol. The van der Waals surface area contributed by atoms with Gasteiger partial charge in [0.2, 0.25) is 11.8 Å². The Balaban J connectivity index is 1.82. The van der Waals surface area contributed by atoms with Crippen LogP contribution >= 0.6 is 23.5 Å². The van der Waals surface area contributed by atoms with Gasteiger partial charge in [-0.25, -0.2) is 18.7 Å². The van der Waals surface area contributed by atoms with Crippen LogP contribution in [0.25, 0.3) is 11.2 Å². The van der Waals surface area contributed by atoms with E-state index in [9.17, 15) is 33.7 Å². The summed E-state index contributed by atoms with van der Waals surface area (Å²) in [6.45, 7) is 0. The summed E-state index contributed by atoms with van der Waals surface area (Å²) < 4.78 is 56.8. The molecule has 1 aliphatic heterocycles. The molecule has 0 aliphatic carbocycles. The highest BCUT2D eigenvalue weighted by Gasteiger charge is 2.50. The van der Waals surface area contributed by atoms with E-state index in [0.717, 1.165) is 10.9 Å². The molecule has 2 aromatic rings. The Morgan fingerprint density at radius 1 is 1.06 bits per heavy atom. The lowest BCUT2D eigenvalue weighted by Crippen LogP contribution is -2.32. The fraction of sp³-hybridized carbons (Fsp3) is 0.500. The number of phosphoric ester groups is 1. The number of fused-ring (bicyclic) bond motifs is 1. The standard InChI is InChI=1S/C10H16N5O14P3/c1-25-7-3-6(13-10(11)14-7)15(2-12-3)8-4(16)5(17)9(26-8)27-31(21,22)29-32(23,24)28-30(18,19)20/h2,4-5,8-9,16-17H,1H3,(H,21,22)(H,23,24)(H2,11,13,14)(H2,18,19,20). The first-order chi connectivity index (χ1) is 14.6. The molecule has 6 unspecified atom stereocenters. The number of imidazole rings is 1. The molecule has 2 aromatic heterocycles. The van der Waals surface area contributed by atoms with E-state index in [1.165, 1.54) is 7.11 Å². The van der Waals surface area contributed by atoms with Gasteiger partial charge in [-0.2, -0.15) is 18.6 Å². The third-order valence-corrected chi connectivity index (χ3v) is 7.52. The number of aromatic nitrogens is 4. The summed E-state index contributed by atoms with van der Waals surface area (Å²) in [5.74, 6) is -0.266. The SMILES string of the molecule is COc1nc(N)nc2c1ncn2C1OC(OP(=O)(O)OP(=O)(O)OP(=O)(O)O)C(O)C1O. The molecule has 1 fully saturated rings. The second kappa shape index (κ2) is 8.66. The lowest BCUT2D eigenvalue weighted by atomic mass is 10.2. The minimum absolute atomic E-state index is 0.0235. The number of anilines is 1. The third-order valence-electron chi connectivity index (χ3n) is 3.72. The van der Waals surface area contributed by atoms with E-state index < -0.39 is 48.2 Å². The van der Waals surface area contributed by atoms with Crippen molar-refractivity contribution in [2.75, 3.05) is 12.8 Å². The predicted molar refractivity (Wildman–Crippen MR) is 97.2 cm³/mol. The number of aliphatic hydroxyl groups is 2. The molecule has 19 nitrogen and oxygen atoms in total. The molecule has 32 heavy (non-hydrogen) atoms. The Labute approximate surface area is 176 Å². The van der Waals surface area contributed by atoms with Crippen molar-refractivity contribution in [3.63, 3.8) is 0 Å². The van der Waals surface area contributed by atoms with Gasteiger partial charge in [0, 0.05) is 0 Å². The molecule has 0 spiro atoms. The molecular weight excluding hydrogens is 507 g/mol. The molecule has 180 valence electrons. The highest BCUT2D eigenvalue weighted by Crippen LogP contribution is 2.67. The molecule has 6 atom stereocenters. The zero-order chi connectivity index (χ0) is 24.1. The van der Waals surface area contributed by atoms with Crippen molar-refractivity contribution in [3.05, 3.63) is 6.33 Å². The van der Waals surface area contributed by atoms with Crippen LogP contribution in [0.4, 0.5) is 5.95 Å². The average Bonchev–Trinajstić information content (AvgIpc) is 3.13. The molecule has 0 amide bonds. The summed E-state index contributed by atoms with van der Waals surface area (Å²) in [6, 6.07) is 0. The topological polar surface area (TPSA) is 288 Å². The molecule has 1 saturated heterocycles. The first-order valence-electron chi connectivity index (χ1n) is 8.00. The highest BCUT2D eigenvalue weighted by molar-refractivity contribution is 7.66. The number of ether oxygens (including phenoxy) is 2. The Morgan fingerprint density at radius 2 is 1.72 bits per heavy atom. The van der Waals surface area contributed by atoms with Gasteiger partial charge in [0.15, 0.2) is 23.7 Å². The molecule has 1 aliphatic rings. The molecule has 8 N–H and O–H groups in total. The van der Waals surface area contributed by atoms with Gasteiger partial charge < -0.3 is 45.0 Å². The van der Waals surface area contributed by atoms with Crippen molar-refractivity contribution in [2.24, 2.45) is 0 Å². The average molecular weight is 523 g/mol. The summed E-state index contributed by atoms with van der Waals surface area (Å²) in [6.07, 6.45) is -6.43. The summed E-state index contributed by atoms with van der Waals surface area (Å²) in [5, 5.41) is 20.4. The van der Waals surface area contributed by atoms with Gasteiger partial charge in [0.25, 0.3) is 0 Å². The van der Waals surface area contributed by atoms with Crippen LogP contribution in [0.15, 0.2) is 6.33 Å². The van der Waals surface area contributed by atoms with Gasteiger partial charge in [-0.15, -0.1) is 0 Å². The number of hydrogen-bond acceptors (Lipinski definition) is 14. The van der Waals surface area contributed by atoms with Crippen LogP contribution in [0.3, 0.4) is 0 Å². The maximum absolute atomic E-state index is 12.0. The summed E-state index contributed by atoms with van der Waals surface area (Å²) >= 11 is 0. The second-order valence-electron chi connectivity index (χ2n) is 5.99. The van der Waals surface area contributed by atoms with Gasteiger partial charge in [0.1, 0.15) is 12.2 Å². The van der Waals surface area contributed by atoms with Crippen molar-refractivity contribution in [1.82, 2.24) is 19.5 Å². The van der Waals surface area contributed by atoms with Crippen LogP contribution in [-0.4, -0.2) is 74.9 Å². The number of rotatable bonds is 8. The number of nitrogens with zero attached hydrogens (tertiary/aromatic N) is 4. The number of nitrogen functional groups attached to an aromatic ring is 1. The van der Waals surface area contributed by atoms with Crippen LogP contribution in [0.2, 0.25) is 0 Å². The third kappa shape index (κ3) is 5.49. The van der Waals surface area contributed by atoms with E-state index in [0.29, 0.717) is 0 Å². The van der Waals surface area contributed by atoms with Crippen LogP contribution in [-0.2, 0) is 31.6 Å². The number of hydrogen-bond donors (Lipinski definition) is 7. The van der Waals surface area contributed by atoms with Crippen LogP contribution in [0, 0.1) is 0 Å². The van der Waals surface area contributed by atoms with Crippen LogP contribution in [0.5, 0.6) is 5.88 Å². The highest BCUT2D eigenvalue weighted by atomic mass is 31.3. The van der Waals surface area contributed by atoms with E-state index in [1.807, 2.05) is 0 Å². The van der Waals surface area contributed by atoms with Gasteiger partial charge in [-0.1, -0.05) is 0 Å². The quantitative estimate of drug-likeness (QED) is 0.190. The van der Waals surface area contributed by atoms with Crippen molar-refractivity contribution in [3.8, 4) is 5.88 Å². The molecule has 0 bridgehead atoms. The van der Waals surface area contributed by atoms with E-state index in [-0.39, 0.29) is 23.0 Å². The first-order valence-corrected chi connectivity index (χ1v) is 12.5. The largest absolute Gasteiger partial charge is 0.490 e. The van der Waals surface area contributed by atoms with Gasteiger partial charge in [-0.05, 0) is 0 Å². The number of phosphoric acid groups is 3. The van der Waals surface area contributed by atoms with E-state index >= 15 is 0 Å². The minimum atomic E-state index is -5.80. The summed E-state index contributed by atoms with van der Waals surface area (Å²) in [4.78, 5) is 47.5. The molecular formula is C10H16N5O14P3. The molecule has 0 radical (unpaired) electrons. The lowest BCUT2D eigenvalue weighted by molar-refractivity contribution is -0.133. The van der Waals surface area contributed by atoms with Crippen molar-refractivity contribution in [2.45, 2.75) is 24.7 Å². The Hall–Kier alpha value is -1.56. The minimum Gasteiger partial charge on any atom is -0.479 e. The van der Waals surface area contributed by atoms with E-state index in [4.69, 9.17) is 25.0 Å². The predicted octanol–water partition coefficient (Wildman–Crippen LogP) is -1.66. The zero-order valence-electron chi connectivity index (χ0n) is 15.5. The van der Waals surface area contributed by atoms with Crippen molar-refractivity contribution >= 4 is 40.6 Å². The fourth-order valence-corrected chi connectivity index (χ4v) is 5.71. The lowest BCUT2D eigenvalue weighted by Gasteiger charge is -2.20. The molecule has 0 aromatic carbocycles. The Morgan fingerprint density at radius 3 is 2.31 bits per heavy atom. The molecule has 0 saturated carbocycles. The van der Waals surface area contributed by atoms with Crippen LogP contribution < -0.4 is 10.5 Å². The van der Waals surface area contributed by atoms with E-state index in [2.05, 4.69) is 28.1 Å². The smallest absolute Gasteiger partial charge is 0.479 e. The second-order valence-corrected chi connectivity index (χ2v) is 10.4.